The lowest BCUT2D eigenvalue weighted by molar-refractivity contribution is -0.120. The molecule has 1 aliphatic heterocycles. The molecule has 0 bridgehead atoms. The number of nitrogens with one attached hydrogen (secondary N) is 1. The van der Waals surface area contributed by atoms with Gasteiger partial charge in [0, 0.05) is 37.2 Å². The van der Waals surface area contributed by atoms with Crippen LogP contribution in [0.4, 0.5) is 5.69 Å². The van der Waals surface area contributed by atoms with Crippen LogP contribution in [0, 0.1) is 11.8 Å². The van der Waals surface area contributed by atoms with E-state index < -0.39 is 0 Å². The van der Waals surface area contributed by atoms with E-state index in [1.807, 2.05) is 34.0 Å². The molecule has 0 saturated heterocycles. The first kappa shape index (κ1) is 30.4. The Morgan fingerprint density at radius 2 is 1.84 bits per heavy atom. The molecule has 2 amide bonds. The van der Waals surface area contributed by atoms with Crippen molar-refractivity contribution in [2.24, 2.45) is 11.8 Å². The molecule has 3 rings (SSSR count). The second-order valence-electron chi connectivity index (χ2n) is 11.6. The second-order valence-corrected chi connectivity index (χ2v) is 11.6. The maximum Gasteiger partial charge on any atom is 0.258 e. The van der Waals surface area contributed by atoms with Crippen LogP contribution in [-0.4, -0.2) is 85.4 Å². The number of hydrogen-bond donors (Lipinski definition) is 2. The van der Waals surface area contributed by atoms with Gasteiger partial charge >= 0.3 is 0 Å². The van der Waals surface area contributed by atoms with Crippen LogP contribution in [0.15, 0.2) is 18.2 Å². The van der Waals surface area contributed by atoms with Crippen molar-refractivity contribution in [1.82, 2.24) is 9.80 Å². The van der Waals surface area contributed by atoms with E-state index in [9.17, 15) is 14.7 Å². The maximum absolute atomic E-state index is 14.1. The molecule has 0 unspecified atom stereocenters. The molecule has 0 spiro atoms. The van der Waals surface area contributed by atoms with Gasteiger partial charge in [-0.25, -0.2) is 0 Å². The Morgan fingerprint density at radius 3 is 2.53 bits per heavy atom. The van der Waals surface area contributed by atoms with E-state index in [0.29, 0.717) is 30.2 Å². The Bertz CT molecular complexity index is 902. The lowest BCUT2D eigenvalue weighted by Gasteiger charge is -2.35. The molecule has 0 aromatic heterocycles. The van der Waals surface area contributed by atoms with E-state index in [-0.39, 0.29) is 48.5 Å². The van der Waals surface area contributed by atoms with E-state index in [2.05, 4.69) is 17.1 Å². The quantitative estimate of drug-likeness (QED) is 0.559. The van der Waals surface area contributed by atoms with Crippen LogP contribution in [-0.2, 0) is 9.53 Å². The molecule has 214 valence electrons. The number of hydrogen-bond acceptors (Lipinski definition) is 6. The summed E-state index contributed by atoms with van der Waals surface area (Å²) < 4.78 is 12.6. The van der Waals surface area contributed by atoms with Crippen molar-refractivity contribution >= 4 is 17.5 Å². The van der Waals surface area contributed by atoms with Crippen LogP contribution in [0.1, 0.15) is 82.5 Å². The van der Waals surface area contributed by atoms with E-state index in [0.717, 1.165) is 51.5 Å². The van der Waals surface area contributed by atoms with Gasteiger partial charge in [0.2, 0.25) is 5.91 Å². The molecule has 1 aromatic carbocycles. The predicted octanol–water partition coefficient (Wildman–Crippen LogP) is 4.56. The highest BCUT2D eigenvalue weighted by atomic mass is 16.5. The van der Waals surface area contributed by atoms with Gasteiger partial charge in [-0.15, -0.1) is 0 Å². The van der Waals surface area contributed by atoms with Crippen LogP contribution >= 0.6 is 0 Å². The number of amides is 2. The smallest absolute Gasteiger partial charge is 0.258 e. The lowest BCUT2D eigenvalue weighted by atomic mass is 9.88. The molecular weight excluding hydrogens is 482 g/mol. The van der Waals surface area contributed by atoms with E-state index in [4.69, 9.17) is 9.47 Å². The highest BCUT2D eigenvalue weighted by molar-refractivity contribution is 6.00. The molecular formula is C30H49N3O5. The number of nitrogens with zero attached hydrogens (tertiary/aromatic N) is 2. The fraction of sp³-hybridized carbons (Fsp3) is 0.733. The average molecular weight is 532 g/mol. The maximum atomic E-state index is 14.1. The SMILES string of the molecule is C[C@@H]1CCCCO[C@H](CN(C)C)[C@H](C)CN([C@H](C)CO)C(=O)c2cc(NC(=O)C3CCCCC3)ccc2O1. The third-order valence-electron chi connectivity index (χ3n) is 7.84. The Kier molecular flexibility index (Phi) is 11.9. The lowest BCUT2D eigenvalue weighted by Crippen LogP contribution is -2.47. The van der Waals surface area contributed by atoms with Gasteiger partial charge in [0.25, 0.3) is 5.91 Å². The van der Waals surface area contributed by atoms with Crippen LogP contribution < -0.4 is 10.1 Å². The Morgan fingerprint density at radius 1 is 1.13 bits per heavy atom. The zero-order valence-corrected chi connectivity index (χ0v) is 24.1. The van der Waals surface area contributed by atoms with Gasteiger partial charge in [0.05, 0.1) is 30.4 Å². The summed E-state index contributed by atoms with van der Waals surface area (Å²) in [6.45, 7) is 7.68. The van der Waals surface area contributed by atoms with Gasteiger partial charge < -0.3 is 29.7 Å². The number of rotatable bonds is 6. The molecule has 0 radical (unpaired) electrons. The zero-order valence-electron chi connectivity index (χ0n) is 24.1. The number of carbonyl (C=O) groups is 2. The number of ether oxygens (including phenoxy) is 2. The Labute approximate surface area is 229 Å². The van der Waals surface area contributed by atoms with Gasteiger partial charge in [-0.05, 0) is 78.2 Å². The monoisotopic (exact) mass is 531 g/mol. The topological polar surface area (TPSA) is 91.3 Å². The average Bonchev–Trinajstić information content (AvgIpc) is 2.90. The van der Waals surface area contributed by atoms with Crippen LogP contribution in [0.25, 0.3) is 0 Å². The van der Waals surface area contributed by atoms with Crippen LogP contribution in [0.2, 0.25) is 0 Å². The first-order chi connectivity index (χ1) is 18.2. The number of aliphatic hydroxyl groups excluding tert-OH is 1. The van der Waals surface area contributed by atoms with Gasteiger partial charge in [-0.2, -0.15) is 0 Å². The number of carbonyl (C=O) groups excluding carboxylic acids is 2. The highest BCUT2D eigenvalue weighted by Gasteiger charge is 2.30. The van der Waals surface area contributed by atoms with E-state index in [1.54, 1.807) is 17.0 Å². The standard InChI is InChI=1S/C30H49N3O5/c1-21-18-33(22(2)20-34)30(36)26-17-25(31-29(35)24-12-7-6-8-13-24)14-15-27(26)38-23(3)11-9-10-16-37-28(21)19-32(4)5/h14-15,17,21-24,28,34H,6-13,16,18-20H2,1-5H3,(H,31,35)/t21-,22-,23-,28-/m1/s1. The summed E-state index contributed by atoms with van der Waals surface area (Å²) in [4.78, 5) is 30.9. The highest BCUT2D eigenvalue weighted by Crippen LogP contribution is 2.30. The third-order valence-corrected chi connectivity index (χ3v) is 7.84. The summed E-state index contributed by atoms with van der Waals surface area (Å²) in [6, 6.07) is 4.98. The van der Waals surface area contributed by atoms with Crippen LogP contribution in [0.5, 0.6) is 5.75 Å². The minimum atomic E-state index is -0.386. The summed E-state index contributed by atoms with van der Waals surface area (Å²) in [7, 11) is 4.05. The molecule has 2 N–H and O–H groups in total. The van der Waals surface area contributed by atoms with Crippen molar-refractivity contribution < 1.29 is 24.2 Å². The summed E-state index contributed by atoms with van der Waals surface area (Å²) in [5.74, 6) is 0.389. The summed E-state index contributed by atoms with van der Waals surface area (Å²) in [5, 5.41) is 13.1. The fourth-order valence-corrected chi connectivity index (χ4v) is 5.43. The largest absolute Gasteiger partial charge is 0.490 e. The van der Waals surface area contributed by atoms with Crippen molar-refractivity contribution in [1.29, 1.82) is 0 Å². The third kappa shape index (κ3) is 8.68. The number of likely N-dealkylation sites (N-methyl/N-ethyl adjacent to an activating group) is 1. The van der Waals surface area contributed by atoms with Crippen molar-refractivity contribution in [3.8, 4) is 5.75 Å². The van der Waals surface area contributed by atoms with Gasteiger partial charge in [-0.3, -0.25) is 9.59 Å². The molecule has 8 heteroatoms. The number of anilines is 1. The van der Waals surface area contributed by atoms with Crippen molar-refractivity contribution in [3.63, 3.8) is 0 Å². The molecule has 38 heavy (non-hydrogen) atoms. The number of aliphatic hydroxyl groups is 1. The Balaban J connectivity index is 1.94. The minimum Gasteiger partial charge on any atom is -0.490 e. The first-order valence-electron chi connectivity index (χ1n) is 14.5. The molecule has 1 fully saturated rings. The predicted molar refractivity (Wildman–Crippen MR) is 151 cm³/mol. The van der Waals surface area contributed by atoms with E-state index in [1.165, 1.54) is 6.42 Å². The summed E-state index contributed by atoms with van der Waals surface area (Å²) in [5.41, 5.74) is 1.01. The normalized spacial score (nSPS) is 25.3. The molecule has 1 aromatic rings. The van der Waals surface area contributed by atoms with Gasteiger partial charge in [0.15, 0.2) is 0 Å². The molecule has 4 atom stereocenters. The second kappa shape index (κ2) is 14.8. The number of fused-ring (bicyclic) bond motifs is 1. The van der Waals surface area contributed by atoms with Crippen LogP contribution in [0.3, 0.4) is 0 Å². The first-order valence-corrected chi connectivity index (χ1v) is 14.5. The molecule has 2 aliphatic rings. The Hall–Kier alpha value is -2.16. The van der Waals surface area contributed by atoms with Gasteiger partial charge in [0.1, 0.15) is 5.75 Å². The summed E-state index contributed by atoms with van der Waals surface area (Å²) in [6.07, 6.45) is 7.81. The molecule has 8 nitrogen and oxygen atoms in total. The number of benzene rings is 1. The van der Waals surface area contributed by atoms with Crippen molar-refractivity contribution in [3.05, 3.63) is 23.8 Å². The van der Waals surface area contributed by atoms with Gasteiger partial charge in [-0.1, -0.05) is 26.2 Å². The van der Waals surface area contributed by atoms with Crippen molar-refractivity contribution in [2.75, 3.05) is 45.7 Å². The minimum absolute atomic E-state index is 0.0183. The molecule has 1 aliphatic carbocycles. The molecule has 1 heterocycles. The fourth-order valence-electron chi connectivity index (χ4n) is 5.43. The van der Waals surface area contributed by atoms with Crippen molar-refractivity contribution in [2.45, 2.75) is 90.4 Å². The zero-order chi connectivity index (χ0) is 27.7. The molecule has 1 saturated carbocycles. The van der Waals surface area contributed by atoms with E-state index >= 15 is 0 Å². The summed E-state index contributed by atoms with van der Waals surface area (Å²) >= 11 is 0.